The van der Waals surface area contributed by atoms with Crippen molar-refractivity contribution in [2.75, 3.05) is 6.61 Å². The Balaban J connectivity index is 2.72. The number of esters is 1. The third kappa shape index (κ3) is 3.31. The minimum Gasteiger partial charge on any atom is -0.466 e. The lowest BCUT2D eigenvalue weighted by Crippen LogP contribution is -2.18. The van der Waals surface area contributed by atoms with Crippen LogP contribution in [0, 0.1) is 12.7 Å². The minimum absolute atomic E-state index is 0.111. The zero-order valence-electron chi connectivity index (χ0n) is 9.50. The molecule has 0 saturated carbocycles. The summed E-state index contributed by atoms with van der Waals surface area (Å²) >= 11 is 0. The van der Waals surface area contributed by atoms with Gasteiger partial charge < -0.3 is 10.5 Å². The van der Waals surface area contributed by atoms with Gasteiger partial charge in [0.2, 0.25) is 0 Å². The van der Waals surface area contributed by atoms with Crippen molar-refractivity contribution >= 4 is 5.97 Å². The fourth-order valence-electron chi connectivity index (χ4n) is 1.56. The second-order valence-corrected chi connectivity index (χ2v) is 3.62. The Labute approximate surface area is 94.4 Å². The third-order valence-electron chi connectivity index (χ3n) is 2.32. The Hall–Kier alpha value is -1.42. The Kier molecular flexibility index (Phi) is 4.43. The predicted octanol–water partition coefficient (Wildman–Crippen LogP) is 2.09. The minimum atomic E-state index is -0.445. The summed E-state index contributed by atoms with van der Waals surface area (Å²) in [5.74, 6) is -0.636. The van der Waals surface area contributed by atoms with Gasteiger partial charge in [0.15, 0.2) is 0 Å². The molecule has 0 unspecified atom stereocenters. The molecule has 4 heteroatoms. The zero-order chi connectivity index (χ0) is 12.1. The quantitative estimate of drug-likeness (QED) is 0.798. The first-order valence-electron chi connectivity index (χ1n) is 5.21. The van der Waals surface area contributed by atoms with Crippen molar-refractivity contribution in [1.29, 1.82) is 0 Å². The van der Waals surface area contributed by atoms with Crippen molar-refractivity contribution < 1.29 is 13.9 Å². The molecule has 16 heavy (non-hydrogen) atoms. The van der Waals surface area contributed by atoms with Crippen LogP contribution in [0.15, 0.2) is 18.2 Å². The van der Waals surface area contributed by atoms with E-state index in [1.165, 1.54) is 12.1 Å². The number of nitrogens with two attached hydrogens (primary N) is 1. The Morgan fingerprint density at radius 1 is 1.56 bits per heavy atom. The molecule has 1 rings (SSSR count). The summed E-state index contributed by atoms with van der Waals surface area (Å²) in [6.07, 6.45) is 0.111. The van der Waals surface area contributed by atoms with Crippen LogP contribution in [0.3, 0.4) is 0 Å². The van der Waals surface area contributed by atoms with Crippen molar-refractivity contribution in [2.45, 2.75) is 26.3 Å². The summed E-state index contributed by atoms with van der Waals surface area (Å²) in [6, 6.07) is 3.90. The first-order valence-corrected chi connectivity index (χ1v) is 5.21. The molecular formula is C12H16FNO2. The maximum atomic E-state index is 12.9. The zero-order valence-corrected chi connectivity index (χ0v) is 9.50. The molecule has 0 saturated heterocycles. The van der Waals surface area contributed by atoms with Crippen LogP contribution in [0.25, 0.3) is 0 Å². The van der Waals surface area contributed by atoms with Gasteiger partial charge in [0, 0.05) is 6.04 Å². The second kappa shape index (κ2) is 5.61. The molecule has 0 aliphatic heterocycles. The number of hydrogen-bond donors (Lipinski definition) is 1. The van der Waals surface area contributed by atoms with Gasteiger partial charge in [-0.25, -0.2) is 4.39 Å². The van der Waals surface area contributed by atoms with Crippen LogP contribution < -0.4 is 5.73 Å². The summed E-state index contributed by atoms with van der Waals surface area (Å²) in [7, 11) is 0. The molecular weight excluding hydrogens is 209 g/mol. The van der Waals surface area contributed by atoms with E-state index in [-0.39, 0.29) is 18.2 Å². The van der Waals surface area contributed by atoms with E-state index in [1.54, 1.807) is 19.9 Å². The van der Waals surface area contributed by atoms with E-state index < -0.39 is 6.04 Å². The Bertz CT molecular complexity index is 379. The first kappa shape index (κ1) is 12.6. The molecule has 0 aliphatic carbocycles. The van der Waals surface area contributed by atoms with E-state index in [0.29, 0.717) is 6.61 Å². The number of halogens is 1. The fraction of sp³-hybridized carbons (Fsp3) is 0.417. The summed E-state index contributed by atoms with van der Waals surface area (Å²) < 4.78 is 17.7. The largest absolute Gasteiger partial charge is 0.466 e. The fourth-order valence-corrected chi connectivity index (χ4v) is 1.56. The van der Waals surface area contributed by atoms with E-state index in [4.69, 9.17) is 10.5 Å². The highest BCUT2D eigenvalue weighted by molar-refractivity contribution is 5.70. The summed E-state index contributed by atoms with van der Waals surface area (Å²) in [5.41, 5.74) is 7.37. The summed E-state index contributed by atoms with van der Waals surface area (Å²) in [5, 5.41) is 0. The SMILES string of the molecule is CCOC(=O)C[C@@H](N)c1ccc(F)cc1C. The van der Waals surface area contributed by atoms with Crippen LogP contribution in [0.5, 0.6) is 0 Å². The first-order chi connectivity index (χ1) is 7.54. The standard InChI is InChI=1S/C12H16FNO2/c1-3-16-12(15)7-11(14)10-5-4-9(13)6-8(10)2/h4-6,11H,3,7,14H2,1-2H3/t11-/m1/s1. The highest BCUT2D eigenvalue weighted by atomic mass is 19.1. The molecule has 3 nitrogen and oxygen atoms in total. The van der Waals surface area contributed by atoms with Crippen molar-refractivity contribution in [1.82, 2.24) is 0 Å². The van der Waals surface area contributed by atoms with Gasteiger partial charge in [-0.05, 0) is 37.1 Å². The average molecular weight is 225 g/mol. The van der Waals surface area contributed by atoms with Gasteiger partial charge in [-0.3, -0.25) is 4.79 Å². The molecule has 1 atom stereocenters. The maximum absolute atomic E-state index is 12.9. The van der Waals surface area contributed by atoms with Crippen molar-refractivity contribution in [3.8, 4) is 0 Å². The van der Waals surface area contributed by atoms with Crippen LogP contribution in [-0.4, -0.2) is 12.6 Å². The highest BCUT2D eigenvalue weighted by Gasteiger charge is 2.14. The van der Waals surface area contributed by atoms with Gasteiger partial charge in [-0.1, -0.05) is 6.07 Å². The van der Waals surface area contributed by atoms with Crippen LogP contribution >= 0.6 is 0 Å². The van der Waals surface area contributed by atoms with Crippen LogP contribution in [0.4, 0.5) is 4.39 Å². The van der Waals surface area contributed by atoms with Crippen LogP contribution in [0.2, 0.25) is 0 Å². The number of hydrogen-bond acceptors (Lipinski definition) is 3. The van der Waals surface area contributed by atoms with Gasteiger partial charge in [0.1, 0.15) is 5.82 Å². The van der Waals surface area contributed by atoms with Gasteiger partial charge in [-0.15, -0.1) is 0 Å². The highest BCUT2D eigenvalue weighted by Crippen LogP contribution is 2.19. The molecule has 2 N–H and O–H groups in total. The monoisotopic (exact) mass is 225 g/mol. The molecule has 0 amide bonds. The molecule has 0 heterocycles. The molecule has 0 radical (unpaired) electrons. The molecule has 0 bridgehead atoms. The summed E-state index contributed by atoms with van der Waals surface area (Å²) in [4.78, 5) is 11.2. The number of benzene rings is 1. The van der Waals surface area contributed by atoms with Crippen molar-refractivity contribution in [2.24, 2.45) is 5.73 Å². The Morgan fingerprint density at radius 3 is 2.81 bits per heavy atom. The lowest BCUT2D eigenvalue weighted by atomic mass is 9.99. The molecule has 88 valence electrons. The second-order valence-electron chi connectivity index (χ2n) is 3.62. The molecule has 0 fully saturated rings. The molecule has 1 aromatic carbocycles. The molecule has 0 aromatic heterocycles. The molecule has 0 spiro atoms. The van der Waals surface area contributed by atoms with E-state index >= 15 is 0 Å². The average Bonchev–Trinajstić information content (AvgIpc) is 2.17. The lowest BCUT2D eigenvalue weighted by Gasteiger charge is -2.13. The van der Waals surface area contributed by atoms with Crippen LogP contribution in [0.1, 0.15) is 30.5 Å². The van der Waals surface area contributed by atoms with Gasteiger partial charge in [-0.2, -0.15) is 0 Å². The van der Waals surface area contributed by atoms with E-state index in [9.17, 15) is 9.18 Å². The van der Waals surface area contributed by atoms with Crippen molar-refractivity contribution in [3.63, 3.8) is 0 Å². The molecule has 0 aliphatic rings. The number of carbonyl (C=O) groups is 1. The topological polar surface area (TPSA) is 52.3 Å². The normalized spacial score (nSPS) is 12.2. The number of carbonyl (C=O) groups excluding carboxylic acids is 1. The summed E-state index contributed by atoms with van der Waals surface area (Å²) in [6.45, 7) is 3.85. The van der Waals surface area contributed by atoms with E-state index in [2.05, 4.69) is 0 Å². The predicted molar refractivity (Wildman–Crippen MR) is 59.3 cm³/mol. The van der Waals surface area contributed by atoms with E-state index in [1.807, 2.05) is 0 Å². The third-order valence-corrected chi connectivity index (χ3v) is 2.32. The lowest BCUT2D eigenvalue weighted by molar-refractivity contribution is -0.143. The van der Waals surface area contributed by atoms with Gasteiger partial charge in [0.05, 0.1) is 13.0 Å². The van der Waals surface area contributed by atoms with Crippen LogP contribution in [-0.2, 0) is 9.53 Å². The Morgan fingerprint density at radius 2 is 2.25 bits per heavy atom. The van der Waals surface area contributed by atoms with Gasteiger partial charge >= 0.3 is 5.97 Å². The van der Waals surface area contributed by atoms with Gasteiger partial charge in [0.25, 0.3) is 0 Å². The number of ether oxygens (including phenoxy) is 1. The van der Waals surface area contributed by atoms with E-state index in [0.717, 1.165) is 11.1 Å². The number of aryl methyl sites for hydroxylation is 1. The maximum Gasteiger partial charge on any atom is 0.307 e. The number of rotatable bonds is 4. The van der Waals surface area contributed by atoms with Crippen molar-refractivity contribution in [3.05, 3.63) is 35.1 Å². The smallest absolute Gasteiger partial charge is 0.307 e. The molecule has 1 aromatic rings.